The summed E-state index contributed by atoms with van der Waals surface area (Å²) < 4.78 is 0. The number of carbonyl (C=O) groups is 2. The fraction of sp³-hybridized carbons (Fsp3) is 0.300. The highest BCUT2D eigenvalue weighted by molar-refractivity contribution is 6.28. The predicted molar refractivity (Wildman–Crippen MR) is 87.5 cm³/mol. The molecule has 3 rings (SSSR count). The lowest BCUT2D eigenvalue weighted by atomic mass is 9.83. The first-order valence-electron chi connectivity index (χ1n) is 7.89. The van der Waals surface area contributed by atoms with Crippen molar-refractivity contribution >= 4 is 11.6 Å². The van der Waals surface area contributed by atoms with Crippen molar-refractivity contribution < 1.29 is 9.59 Å². The van der Waals surface area contributed by atoms with Crippen molar-refractivity contribution in [1.29, 1.82) is 0 Å². The molecule has 0 aromatic heterocycles. The van der Waals surface area contributed by atoms with Crippen molar-refractivity contribution in [2.45, 2.75) is 33.1 Å². The van der Waals surface area contributed by atoms with Gasteiger partial charge in [0.05, 0.1) is 0 Å². The van der Waals surface area contributed by atoms with Gasteiger partial charge in [0.25, 0.3) is 0 Å². The van der Waals surface area contributed by atoms with E-state index >= 15 is 0 Å². The minimum Gasteiger partial charge on any atom is -0.289 e. The maximum atomic E-state index is 12.6. The third-order valence-electron chi connectivity index (χ3n) is 4.24. The number of fused-ring (bicyclic) bond motifs is 2. The van der Waals surface area contributed by atoms with Gasteiger partial charge in [0, 0.05) is 22.3 Å². The van der Waals surface area contributed by atoms with Crippen LogP contribution in [-0.4, -0.2) is 11.6 Å². The second-order valence-corrected chi connectivity index (χ2v) is 6.37. The van der Waals surface area contributed by atoms with Gasteiger partial charge < -0.3 is 0 Å². The Labute approximate surface area is 131 Å². The number of ketones is 2. The summed E-state index contributed by atoms with van der Waals surface area (Å²) in [4.78, 5) is 25.2. The molecular weight excluding hydrogens is 272 g/mol. The van der Waals surface area contributed by atoms with Crippen LogP contribution < -0.4 is 0 Å². The van der Waals surface area contributed by atoms with Crippen molar-refractivity contribution in [3.05, 3.63) is 70.3 Å². The molecule has 0 radical (unpaired) electrons. The average Bonchev–Trinajstić information content (AvgIpc) is 2.52. The second kappa shape index (κ2) is 5.88. The lowest BCUT2D eigenvalue weighted by molar-refractivity contribution is 0.0979. The molecule has 0 unspecified atom stereocenters. The van der Waals surface area contributed by atoms with Crippen molar-refractivity contribution in [3.63, 3.8) is 0 Å². The summed E-state index contributed by atoms with van der Waals surface area (Å²) in [5.74, 6) is 0.613. The molecule has 2 aromatic rings. The van der Waals surface area contributed by atoms with Gasteiger partial charge >= 0.3 is 0 Å². The molecule has 0 atom stereocenters. The van der Waals surface area contributed by atoms with Gasteiger partial charge in [0.15, 0.2) is 11.6 Å². The van der Waals surface area contributed by atoms with Gasteiger partial charge in [0.1, 0.15) is 0 Å². The highest BCUT2D eigenvalue weighted by atomic mass is 16.1. The number of hydrogen-bond donors (Lipinski definition) is 0. The molecule has 1 aliphatic rings. The molecule has 0 saturated heterocycles. The molecule has 0 spiro atoms. The minimum absolute atomic E-state index is 0.0316. The first-order valence-corrected chi connectivity index (χ1v) is 7.89. The predicted octanol–water partition coefficient (Wildman–Crippen LogP) is 4.44. The quantitative estimate of drug-likeness (QED) is 0.712. The van der Waals surface area contributed by atoms with Gasteiger partial charge in [-0.1, -0.05) is 56.7 Å². The van der Waals surface area contributed by atoms with Crippen molar-refractivity contribution in [2.24, 2.45) is 5.92 Å². The van der Waals surface area contributed by atoms with E-state index in [0.29, 0.717) is 28.2 Å². The standard InChI is InChI=1S/C20H20O2/c1-13(2)6-5-7-14-10-11-17-18(12-14)20(22)16-9-4-3-8-15(16)19(17)21/h3-4,8-13H,5-7H2,1-2H3. The smallest absolute Gasteiger partial charge is 0.194 e. The Balaban J connectivity index is 1.92. The third-order valence-corrected chi connectivity index (χ3v) is 4.24. The zero-order valence-electron chi connectivity index (χ0n) is 13.1. The molecule has 0 amide bonds. The highest BCUT2D eigenvalue weighted by Crippen LogP contribution is 2.28. The van der Waals surface area contributed by atoms with Crippen LogP contribution >= 0.6 is 0 Å². The zero-order chi connectivity index (χ0) is 15.7. The number of benzene rings is 2. The van der Waals surface area contributed by atoms with Gasteiger partial charge in [-0.05, 0) is 30.4 Å². The van der Waals surface area contributed by atoms with Gasteiger partial charge in [-0.25, -0.2) is 0 Å². The lowest BCUT2D eigenvalue weighted by Gasteiger charge is -2.18. The molecular formula is C20H20O2. The zero-order valence-corrected chi connectivity index (χ0v) is 13.1. The maximum absolute atomic E-state index is 12.6. The number of rotatable bonds is 4. The molecule has 22 heavy (non-hydrogen) atoms. The Morgan fingerprint density at radius 2 is 1.41 bits per heavy atom. The normalized spacial score (nSPS) is 13.2. The maximum Gasteiger partial charge on any atom is 0.194 e. The van der Waals surface area contributed by atoms with Crippen LogP contribution in [0.4, 0.5) is 0 Å². The SMILES string of the molecule is CC(C)CCCc1ccc2c(c1)C(=O)c1ccccc1C2=O. The summed E-state index contributed by atoms with van der Waals surface area (Å²) in [7, 11) is 0. The largest absolute Gasteiger partial charge is 0.289 e. The summed E-state index contributed by atoms with van der Waals surface area (Å²) in [5, 5.41) is 0. The molecule has 0 fully saturated rings. The van der Waals surface area contributed by atoms with E-state index in [1.54, 1.807) is 18.2 Å². The minimum atomic E-state index is -0.0427. The molecule has 2 heteroatoms. The van der Waals surface area contributed by atoms with Crippen LogP contribution in [0.2, 0.25) is 0 Å². The Morgan fingerprint density at radius 3 is 2.05 bits per heavy atom. The second-order valence-electron chi connectivity index (χ2n) is 6.37. The van der Waals surface area contributed by atoms with Gasteiger partial charge in [-0.15, -0.1) is 0 Å². The summed E-state index contributed by atoms with van der Waals surface area (Å²) in [6.45, 7) is 4.43. The molecule has 0 saturated carbocycles. The Morgan fingerprint density at radius 1 is 0.818 bits per heavy atom. The Bertz CT molecular complexity index is 741. The summed E-state index contributed by atoms with van der Waals surface area (Å²) in [5.41, 5.74) is 3.29. The van der Waals surface area contributed by atoms with E-state index in [1.807, 2.05) is 24.3 Å². The first-order chi connectivity index (χ1) is 10.6. The number of hydrogen-bond acceptors (Lipinski definition) is 2. The van der Waals surface area contributed by atoms with E-state index < -0.39 is 0 Å². The van der Waals surface area contributed by atoms with E-state index in [4.69, 9.17) is 0 Å². The first kappa shape index (κ1) is 14.7. The number of aryl methyl sites for hydroxylation is 1. The van der Waals surface area contributed by atoms with Crippen molar-refractivity contribution in [1.82, 2.24) is 0 Å². The van der Waals surface area contributed by atoms with E-state index in [-0.39, 0.29) is 11.6 Å². The van der Waals surface area contributed by atoms with Gasteiger partial charge in [-0.2, -0.15) is 0 Å². The van der Waals surface area contributed by atoms with Crippen LogP contribution in [0.5, 0.6) is 0 Å². The van der Waals surface area contributed by atoms with E-state index in [2.05, 4.69) is 13.8 Å². The highest BCUT2D eigenvalue weighted by Gasteiger charge is 2.29. The lowest BCUT2D eigenvalue weighted by Crippen LogP contribution is -2.20. The third kappa shape index (κ3) is 2.61. The molecule has 0 heterocycles. The molecule has 2 aromatic carbocycles. The topological polar surface area (TPSA) is 34.1 Å². The van der Waals surface area contributed by atoms with Crippen LogP contribution in [0.1, 0.15) is 64.1 Å². The molecule has 2 nitrogen and oxygen atoms in total. The van der Waals surface area contributed by atoms with E-state index in [0.717, 1.165) is 18.4 Å². The van der Waals surface area contributed by atoms with E-state index in [1.165, 1.54) is 6.42 Å². The van der Waals surface area contributed by atoms with Crippen LogP contribution in [-0.2, 0) is 6.42 Å². The molecule has 1 aliphatic carbocycles. The monoisotopic (exact) mass is 292 g/mol. The summed E-state index contributed by atoms with van der Waals surface area (Å²) in [6.07, 6.45) is 3.23. The molecule has 112 valence electrons. The van der Waals surface area contributed by atoms with Gasteiger partial charge in [0.2, 0.25) is 0 Å². The summed E-state index contributed by atoms with van der Waals surface area (Å²) >= 11 is 0. The molecule has 0 N–H and O–H groups in total. The van der Waals surface area contributed by atoms with Crippen LogP contribution in [0, 0.1) is 5.92 Å². The number of carbonyl (C=O) groups excluding carboxylic acids is 2. The Hall–Kier alpha value is -2.22. The van der Waals surface area contributed by atoms with Crippen molar-refractivity contribution in [2.75, 3.05) is 0 Å². The fourth-order valence-electron chi connectivity index (χ4n) is 3.02. The molecule has 0 aliphatic heterocycles. The van der Waals surface area contributed by atoms with Crippen LogP contribution in [0.25, 0.3) is 0 Å². The van der Waals surface area contributed by atoms with Gasteiger partial charge in [-0.3, -0.25) is 9.59 Å². The average molecular weight is 292 g/mol. The Kier molecular flexibility index (Phi) is 3.93. The fourth-order valence-corrected chi connectivity index (χ4v) is 3.02. The molecule has 0 bridgehead atoms. The van der Waals surface area contributed by atoms with Crippen molar-refractivity contribution in [3.8, 4) is 0 Å². The van der Waals surface area contributed by atoms with Crippen LogP contribution in [0.3, 0.4) is 0 Å². The van der Waals surface area contributed by atoms with Crippen LogP contribution in [0.15, 0.2) is 42.5 Å². The van der Waals surface area contributed by atoms with E-state index in [9.17, 15) is 9.59 Å². The summed E-state index contributed by atoms with van der Waals surface area (Å²) in [6, 6.07) is 12.8.